The lowest BCUT2D eigenvalue weighted by Gasteiger charge is -2.35. The van der Waals surface area contributed by atoms with Crippen LogP contribution in [0.4, 0.5) is 5.69 Å². The highest BCUT2D eigenvalue weighted by molar-refractivity contribution is 7.87. The summed E-state index contributed by atoms with van der Waals surface area (Å²) in [6.07, 6.45) is 2.74. The summed E-state index contributed by atoms with van der Waals surface area (Å²) >= 11 is 0. The molecule has 0 bridgehead atoms. The van der Waals surface area contributed by atoms with Gasteiger partial charge in [0.25, 0.3) is 10.2 Å². The minimum absolute atomic E-state index is 0.174. The van der Waals surface area contributed by atoms with Gasteiger partial charge < -0.3 is 9.80 Å². The van der Waals surface area contributed by atoms with Crippen LogP contribution in [0.15, 0.2) is 30.3 Å². The molecule has 124 valence electrons. The van der Waals surface area contributed by atoms with E-state index in [1.54, 1.807) is 4.90 Å². The number of nitrogens with zero attached hydrogens (tertiary/aromatic N) is 4. The van der Waals surface area contributed by atoms with Crippen molar-refractivity contribution in [2.75, 3.05) is 44.2 Å². The molecule has 1 aromatic rings. The smallest absolute Gasteiger partial charge is 0.279 e. The number of para-hydroxylation sites is 1. The molecule has 0 amide bonds. The van der Waals surface area contributed by atoms with Crippen LogP contribution in [0.5, 0.6) is 0 Å². The molecule has 2 aliphatic heterocycles. The van der Waals surface area contributed by atoms with Gasteiger partial charge in [0.2, 0.25) is 0 Å². The summed E-state index contributed by atoms with van der Waals surface area (Å²) in [7, 11) is -3.48. The first kappa shape index (κ1) is 16.1. The van der Waals surface area contributed by atoms with Crippen LogP contribution >= 0.6 is 0 Å². The van der Waals surface area contributed by atoms with E-state index in [0.29, 0.717) is 45.7 Å². The van der Waals surface area contributed by atoms with E-state index in [2.05, 4.69) is 15.8 Å². The molecule has 3 rings (SSSR count). The molecule has 23 heavy (non-hydrogen) atoms. The lowest BCUT2D eigenvalue weighted by Crippen LogP contribution is -2.54. The van der Waals surface area contributed by atoms with Gasteiger partial charge >= 0.3 is 0 Å². The number of likely N-dealkylation sites (tertiary alicyclic amines) is 1. The zero-order valence-electron chi connectivity index (χ0n) is 12.9. The summed E-state index contributed by atoms with van der Waals surface area (Å²) < 4.78 is 29.2. The van der Waals surface area contributed by atoms with Crippen molar-refractivity contribution in [2.24, 2.45) is 0 Å². The van der Waals surface area contributed by atoms with E-state index in [-0.39, 0.29) is 6.04 Å². The summed E-state index contributed by atoms with van der Waals surface area (Å²) in [6.45, 7) is 3.38. The van der Waals surface area contributed by atoms with Crippen molar-refractivity contribution in [1.29, 1.82) is 5.26 Å². The van der Waals surface area contributed by atoms with Crippen molar-refractivity contribution < 1.29 is 8.42 Å². The molecule has 0 saturated carbocycles. The van der Waals surface area contributed by atoms with E-state index >= 15 is 0 Å². The number of hydrogen-bond donors (Lipinski definition) is 1. The van der Waals surface area contributed by atoms with Crippen molar-refractivity contribution in [2.45, 2.75) is 12.5 Å². The van der Waals surface area contributed by atoms with Gasteiger partial charge in [0.05, 0.1) is 0 Å². The van der Waals surface area contributed by atoms with E-state index in [1.807, 2.05) is 30.3 Å². The van der Waals surface area contributed by atoms with Crippen LogP contribution in [0.2, 0.25) is 0 Å². The third-order valence-electron chi connectivity index (χ3n) is 4.35. The van der Waals surface area contributed by atoms with Crippen molar-refractivity contribution in [3.05, 3.63) is 30.3 Å². The largest absolute Gasteiger partial charge is 0.369 e. The van der Waals surface area contributed by atoms with Crippen molar-refractivity contribution in [1.82, 2.24) is 13.9 Å². The molecule has 2 saturated heterocycles. The molecule has 0 aromatic heterocycles. The standard InChI is InChI=1S/C15H21N5O2S/c16-13-18-7-6-14(12-18)17-23(21,22)20-10-8-19(9-11-20)15-4-2-1-3-5-15/h1-5,14,17H,6-12H2. The van der Waals surface area contributed by atoms with Crippen LogP contribution in [-0.4, -0.2) is 62.9 Å². The Morgan fingerprint density at radius 1 is 1.09 bits per heavy atom. The summed E-state index contributed by atoms with van der Waals surface area (Å²) in [4.78, 5) is 3.78. The van der Waals surface area contributed by atoms with E-state index in [0.717, 1.165) is 5.69 Å². The van der Waals surface area contributed by atoms with Crippen LogP contribution in [0.3, 0.4) is 0 Å². The average molecular weight is 335 g/mol. The summed E-state index contributed by atoms with van der Waals surface area (Å²) in [6, 6.07) is 9.85. The Labute approximate surface area is 137 Å². The number of anilines is 1. The molecule has 1 aromatic carbocycles. The molecule has 2 aliphatic rings. The molecule has 0 radical (unpaired) electrons. The van der Waals surface area contributed by atoms with E-state index < -0.39 is 10.2 Å². The summed E-state index contributed by atoms with van der Waals surface area (Å²) in [5.74, 6) is 0. The molecule has 1 atom stereocenters. The number of hydrogen-bond acceptors (Lipinski definition) is 5. The fourth-order valence-corrected chi connectivity index (χ4v) is 4.46. The Balaban J connectivity index is 1.55. The Hall–Kier alpha value is -1.82. The SMILES string of the molecule is N#CN1CCC(NS(=O)(=O)N2CCN(c3ccccc3)CC2)C1. The van der Waals surface area contributed by atoms with E-state index in [1.165, 1.54) is 4.31 Å². The molecule has 1 unspecified atom stereocenters. The van der Waals surface area contributed by atoms with Gasteiger partial charge in [0.1, 0.15) is 0 Å². The highest BCUT2D eigenvalue weighted by Gasteiger charge is 2.31. The fraction of sp³-hybridized carbons (Fsp3) is 0.533. The maximum Gasteiger partial charge on any atom is 0.279 e. The normalized spacial score (nSPS) is 23.0. The van der Waals surface area contributed by atoms with Crippen molar-refractivity contribution in [3.63, 3.8) is 0 Å². The quantitative estimate of drug-likeness (QED) is 0.795. The van der Waals surface area contributed by atoms with Gasteiger partial charge in [-0.25, -0.2) is 0 Å². The van der Waals surface area contributed by atoms with Gasteiger partial charge in [-0.2, -0.15) is 22.7 Å². The maximum atomic E-state index is 12.5. The maximum absolute atomic E-state index is 12.5. The van der Waals surface area contributed by atoms with Crippen molar-refractivity contribution in [3.8, 4) is 6.19 Å². The van der Waals surface area contributed by atoms with Crippen LogP contribution in [-0.2, 0) is 10.2 Å². The van der Waals surface area contributed by atoms with Gasteiger partial charge in [0.15, 0.2) is 6.19 Å². The van der Waals surface area contributed by atoms with Crippen molar-refractivity contribution >= 4 is 15.9 Å². The summed E-state index contributed by atoms with van der Waals surface area (Å²) in [5.41, 5.74) is 1.12. The van der Waals surface area contributed by atoms with Gasteiger partial charge in [-0.05, 0) is 18.6 Å². The number of piperazine rings is 1. The molecule has 1 N–H and O–H groups in total. The zero-order valence-corrected chi connectivity index (χ0v) is 13.7. The van der Waals surface area contributed by atoms with Gasteiger partial charge in [-0.3, -0.25) is 0 Å². The van der Waals surface area contributed by atoms with Crippen LogP contribution in [0, 0.1) is 11.5 Å². The number of benzene rings is 1. The second-order valence-corrected chi connectivity index (χ2v) is 7.58. The van der Waals surface area contributed by atoms with Crippen LogP contribution in [0.1, 0.15) is 6.42 Å². The molecule has 2 heterocycles. The predicted molar refractivity (Wildman–Crippen MR) is 87.9 cm³/mol. The number of nitriles is 1. The van der Waals surface area contributed by atoms with E-state index in [9.17, 15) is 8.42 Å². The first-order valence-corrected chi connectivity index (χ1v) is 9.24. The Bertz CT molecular complexity index is 665. The van der Waals surface area contributed by atoms with Gasteiger partial charge in [-0.15, -0.1) is 0 Å². The minimum Gasteiger partial charge on any atom is -0.369 e. The molecule has 7 nitrogen and oxygen atoms in total. The van der Waals surface area contributed by atoms with Gasteiger partial charge in [0, 0.05) is 51.0 Å². The second-order valence-electron chi connectivity index (χ2n) is 5.88. The van der Waals surface area contributed by atoms with Crippen LogP contribution in [0.25, 0.3) is 0 Å². The monoisotopic (exact) mass is 335 g/mol. The predicted octanol–water partition coefficient (Wildman–Crippen LogP) is 0.198. The van der Waals surface area contributed by atoms with Gasteiger partial charge in [-0.1, -0.05) is 18.2 Å². The minimum atomic E-state index is -3.48. The molecule has 2 fully saturated rings. The second kappa shape index (κ2) is 6.74. The third-order valence-corrected chi connectivity index (χ3v) is 6.02. The molecular weight excluding hydrogens is 314 g/mol. The molecular formula is C15H21N5O2S. The molecule has 0 aliphatic carbocycles. The molecule has 8 heteroatoms. The highest BCUT2D eigenvalue weighted by atomic mass is 32.2. The summed E-state index contributed by atoms with van der Waals surface area (Å²) in [5, 5.41) is 8.85. The Morgan fingerprint density at radius 3 is 2.39 bits per heavy atom. The average Bonchev–Trinajstić information content (AvgIpc) is 3.03. The third kappa shape index (κ3) is 3.75. The van der Waals surface area contributed by atoms with Crippen LogP contribution < -0.4 is 9.62 Å². The lowest BCUT2D eigenvalue weighted by molar-refractivity contribution is 0.372. The molecule has 0 spiro atoms. The highest BCUT2D eigenvalue weighted by Crippen LogP contribution is 2.17. The topological polar surface area (TPSA) is 79.7 Å². The number of nitrogens with one attached hydrogen (secondary N) is 1. The number of rotatable bonds is 4. The first-order chi connectivity index (χ1) is 11.1. The Morgan fingerprint density at radius 2 is 1.78 bits per heavy atom. The Kier molecular flexibility index (Phi) is 4.71. The lowest BCUT2D eigenvalue weighted by atomic mass is 10.2. The zero-order chi connectivity index (χ0) is 16.3. The first-order valence-electron chi connectivity index (χ1n) is 7.80. The van der Waals surface area contributed by atoms with E-state index in [4.69, 9.17) is 5.26 Å². The fourth-order valence-electron chi connectivity index (χ4n) is 3.06.